The zero-order valence-electron chi connectivity index (χ0n) is 8.74. The van der Waals surface area contributed by atoms with Crippen molar-refractivity contribution >= 4 is 5.69 Å². The lowest BCUT2D eigenvalue weighted by Crippen LogP contribution is -1.77. The third-order valence-corrected chi connectivity index (χ3v) is 2.50. The van der Waals surface area contributed by atoms with Gasteiger partial charge in [-0.25, -0.2) is 0 Å². The first-order valence-electron chi connectivity index (χ1n) is 4.82. The minimum absolute atomic E-state index is 0.513. The fourth-order valence-corrected chi connectivity index (χ4v) is 1.84. The van der Waals surface area contributed by atoms with Gasteiger partial charge in [0, 0.05) is 17.0 Å². The zero-order valence-corrected chi connectivity index (χ0v) is 8.74. The van der Waals surface area contributed by atoms with Gasteiger partial charge in [0.25, 0.3) is 0 Å². The van der Waals surface area contributed by atoms with E-state index >= 15 is 0 Å². The topological polar surface area (TPSA) is 45.2 Å². The van der Waals surface area contributed by atoms with Crippen LogP contribution in [0.2, 0.25) is 0 Å². The number of aromatic nitrogens is 1. The highest BCUT2D eigenvalue weighted by Crippen LogP contribution is 2.35. The molecule has 3 heteroatoms. The molecule has 15 heavy (non-hydrogen) atoms. The molecule has 0 radical (unpaired) electrons. The summed E-state index contributed by atoms with van der Waals surface area (Å²) in [5.41, 5.74) is 4.24. The van der Waals surface area contributed by atoms with E-state index in [-0.39, 0.29) is 0 Å². The highest BCUT2D eigenvalue weighted by atomic mass is 16.3. The van der Waals surface area contributed by atoms with E-state index in [1.54, 1.807) is 0 Å². The second-order valence-corrected chi connectivity index (χ2v) is 3.56. The van der Waals surface area contributed by atoms with Crippen LogP contribution in [0.3, 0.4) is 0 Å². The highest BCUT2D eigenvalue weighted by Gasteiger charge is 2.14. The summed E-state index contributed by atoms with van der Waals surface area (Å²) in [4.78, 5) is 13.9. The summed E-state index contributed by atoms with van der Waals surface area (Å²) in [5, 5.41) is 3.09. The normalized spacial score (nSPS) is 10.3. The van der Waals surface area contributed by atoms with Gasteiger partial charge >= 0.3 is 0 Å². The molecule has 0 fully saturated rings. The summed E-state index contributed by atoms with van der Waals surface area (Å²) in [5.74, 6) is 0. The summed E-state index contributed by atoms with van der Waals surface area (Å²) in [6.07, 6.45) is 0. The molecule has 2 rings (SSSR count). The van der Waals surface area contributed by atoms with Gasteiger partial charge in [-0.15, -0.1) is 4.91 Å². The molecular weight excluding hydrogens is 188 g/mol. The van der Waals surface area contributed by atoms with Gasteiger partial charge in [0.1, 0.15) is 5.69 Å². The maximum atomic E-state index is 10.8. The smallest absolute Gasteiger partial charge is 0.136 e. The Kier molecular flexibility index (Phi) is 2.37. The lowest BCUT2D eigenvalue weighted by molar-refractivity contribution is 1.18. The summed E-state index contributed by atoms with van der Waals surface area (Å²) < 4.78 is 0. The molecule has 76 valence electrons. The molecular formula is C12H12N2O. The van der Waals surface area contributed by atoms with Gasteiger partial charge in [0.2, 0.25) is 0 Å². The Balaban J connectivity index is 2.67. The van der Waals surface area contributed by atoms with Crippen molar-refractivity contribution in [1.29, 1.82) is 0 Å². The molecule has 0 saturated heterocycles. The van der Waals surface area contributed by atoms with E-state index in [0.717, 1.165) is 22.5 Å². The first-order chi connectivity index (χ1) is 7.24. The van der Waals surface area contributed by atoms with E-state index < -0.39 is 0 Å². The fourth-order valence-electron chi connectivity index (χ4n) is 1.84. The summed E-state index contributed by atoms with van der Waals surface area (Å²) in [6.45, 7) is 3.81. The number of aryl methyl sites for hydroxylation is 2. The third-order valence-electron chi connectivity index (χ3n) is 2.50. The number of H-pyrrole nitrogens is 1. The Hall–Kier alpha value is -1.90. The summed E-state index contributed by atoms with van der Waals surface area (Å²) in [7, 11) is 0. The van der Waals surface area contributed by atoms with Crippen molar-refractivity contribution < 1.29 is 0 Å². The minimum Gasteiger partial charge on any atom is -0.360 e. The van der Waals surface area contributed by atoms with Crippen molar-refractivity contribution in [2.75, 3.05) is 0 Å². The lowest BCUT2D eigenvalue weighted by atomic mass is 10.0. The standard InChI is InChI=1S/C12H12N2O/c1-8-11(10-6-4-3-5-7-10)12(14-15)9(2)13-8/h3-7,13H,1-2H3. The molecule has 1 N–H and O–H groups in total. The molecule has 0 bridgehead atoms. The fraction of sp³-hybridized carbons (Fsp3) is 0.167. The van der Waals surface area contributed by atoms with Crippen LogP contribution in [0.1, 0.15) is 11.4 Å². The van der Waals surface area contributed by atoms with Gasteiger partial charge in [-0.1, -0.05) is 30.3 Å². The van der Waals surface area contributed by atoms with Crippen LogP contribution in [0.5, 0.6) is 0 Å². The second-order valence-electron chi connectivity index (χ2n) is 3.56. The molecule has 1 heterocycles. The zero-order chi connectivity index (χ0) is 10.8. The molecule has 1 aromatic heterocycles. The first-order valence-corrected chi connectivity index (χ1v) is 4.82. The Labute approximate surface area is 88.1 Å². The Bertz CT molecular complexity index is 486. The highest BCUT2D eigenvalue weighted by molar-refractivity contribution is 5.80. The van der Waals surface area contributed by atoms with Crippen molar-refractivity contribution in [3.8, 4) is 11.1 Å². The molecule has 0 amide bonds. The van der Waals surface area contributed by atoms with Crippen LogP contribution in [0, 0.1) is 18.8 Å². The van der Waals surface area contributed by atoms with Crippen LogP contribution in [0.25, 0.3) is 11.1 Å². The number of rotatable bonds is 2. The molecule has 0 spiro atoms. The Morgan fingerprint density at radius 1 is 1.07 bits per heavy atom. The van der Waals surface area contributed by atoms with Crippen molar-refractivity contribution in [1.82, 2.24) is 4.98 Å². The van der Waals surface area contributed by atoms with Crippen LogP contribution in [-0.2, 0) is 0 Å². The third kappa shape index (κ3) is 1.56. The quantitative estimate of drug-likeness (QED) is 0.738. The van der Waals surface area contributed by atoms with Crippen molar-refractivity contribution in [3.63, 3.8) is 0 Å². The molecule has 0 aliphatic carbocycles. The van der Waals surface area contributed by atoms with Crippen LogP contribution < -0.4 is 0 Å². The SMILES string of the molecule is Cc1[nH]c(C)c(-c2ccccc2)c1N=O. The maximum absolute atomic E-state index is 10.8. The van der Waals surface area contributed by atoms with E-state index in [9.17, 15) is 4.91 Å². The minimum atomic E-state index is 0.513. The van der Waals surface area contributed by atoms with Crippen LogP contribution in [-0.4, -0.2) is 4.98 Å². The van der Waals surface area contributed by atoms with E-state index in [1.165, 1.54) is 0 Å². The van der Waals surface area contributed by atoms with E-state index in [1.807, 2.05) is 44.2 Å². The average molecular weight is 200 g/mol. The molecule has 0 unspecified atom stereocenters. The molecule has 0 aliphatic rings. The summed E-state index contributed by atoms with van der Waals surface area (Å²) in [6, 6.07) is 9.80. The van der Waals surface area contributed by atoms with Crippen molar-refractivity contribution in [3.05, 3.63) is 46.6 Å². The van der Waals surface area contributed by atoms with E-state index in [4.69, 9.17) is 0 Å². The molecule has 2 aromatic rings. The molecule has 0 atom stereocenters. The van der Waals surface area contributed by atoms with Gasteiger partial charge in [-0.2, -0.15) is 0 Å². The van der Waals surface area contributed by atoms with Crippen LogP contribution in [0.15, 0.2) is 35.5 Å². The van der Waals surface area contributed by atoms with Gasteiger partial charge in [0.15, 0.2) is 0 Å². The van der Waals surface area contributed by atoms with Crippen LogP contribution in [0.4, 0.5) is 5.69 Å². The Morgan fingerprint density at radius 3 is 2.33 bits per heavy atom. The number of nitrogens with zero attached hydrogens (tertiary/aromatic N) is 1. The lowest BCUT2D eigenvalue weighted by Gasteiger charge is -2.00. The van der Waals surface area contributed by atoms with Crippen molar-refractivity contribution in [2.24, 2.45) is 5.18 Å². The number of nitroso groups, excluding NO2 is 1. The molecule has 3 nitrogen and oxygen atoms in total. The predicted molar refractivity (Wildman–Crippen MR) is 61.2 cm³/mol. The number of nitrogens with one attached hydrogen (secondary N) is 1. The number of hydrogen-bond donors (Lipinski definition) is 1. The van der Waals surface area contributed by atoms with Gasteiger partial charge in [-0.3, -0.25) is 0 Å². The van der Waals surface area contributed by atoms with E-state index in [2.05, 4.69) is 10.2 Å². The number of hydrogen-bond acceptors (Lipinski definition) is 2. The molecule has 0 aliphatic heterocycles. The predicted octanol–water partition coefficient (Wildman–Crippen LogP) is 3.70. The maximum Gasteiger partial charge on any atom is 0.136 e. The monoisotopic (exact) mass is 200 g/mol. The first kappa shape index (κ1) is 9.65. The second kappa shape index (κ2) is 3.69. The van der Waals surface area contributed by atoms with Gasteiger partial charge in [0.05, 0.1) is 0 Å². The largest absolute Gasteiger partial charge is 0.360 e. The van der Waals surface area contributed by atoms with Gasteiger partial charge in [-0.05, 0) is 24.6 Å². The van der Waals surface area contributed by atoms with Crippen LogP contribution >= 0.6 is 0 Å². The number of benzene rings is 1. The van der Waals surface area contributed by atoms with E-state index in [0.29, 0.717) is 5.69 Å². The Morgan fingerprint density at radius 2 is 1.73 bits per heavy atom. The average Bonchev–Trinajstić information content (AvgIpc) is 2.54. The van der Waals surface area contributed by atoms with Gasteiger partial charge < -0.3 is 4.98 Å². The molecule has 0 saturated carbocycles. The summed E-state index contributed by atoms with van der Waals surface area (Å²) >= 11 is 0. The molecule has 1 aromatic carbocycles. The number of aromatic amines is 1. The van der Waals surface area contributed by atoms with Crippen molar-refractivity contribution in [2.45, 2.75) is 13.8 Å².